The lowest BCUT2D eigenvalue weighted by molar-refractivity contribution is -0.214. The highest BCUT2D eigenvalue weighted by molar-refractivity contribution is 6.00. The summed E-state index contributed by atoms with van der Waals surface area (Å²) in [7, 11) is 0. The van der Waals surface area contributed by atoms with E-state index in [0.717, 1.165) is 56.9 Å². The first-order valence-electron chi connectivity index (χ1n) is 17.0. The normalized spacial score (nSPS) is 41.2. The number of ether oxygens (including phenoxy) is 1. The molecule has 5 aliphatic carbocycles. The maximum Gasteiger partial charge on any atom is 0.309 e. The standard InChI is InChI=1S/C36H57NO6/c1-20(2)29-23(38)17-36(26(39)19-37)16-11-22-21(30(29)36)9-10-25-34(22,7)14-12-24-33(5,6)27(13-15-35(24,25)8)43-28(40)18-32(3,4)31(41)42/h20-22,24-27,39H,9-19,37H2,1-8H3,(H,41,42). The Bertz CT molecular complexity index is 1200. The molecule has 0 amide bonds. The average Bonchev–Trinajstić information content (AvgIpc) is 3.22. The molecule has 43 heavy (non-hydrogen) atoms. The summed E-state index contributed by atoms with van der Waals surface area (Å²) in [6.07, 6.45) is 7.37. The first-order chi connectivity index (χ1) is 19.9. The van der Waals surface area contributed by atoms with Crippen LogP contribution in [0.1, 0.15) is 120 Å². The SMILES string of the molecule is CC(C)C1=C2C3CCC4C(C)(CCC5C(C)(C)C(OC(=O)CC(C)(C)C(=O)O)CCC54C)C3CCC2(C(O)CN)CC1=O. The van der Waals surface area contributed by atoms with Gasteiger partial charge in [-0.3, -0.25) is 14.4 Å². The zero-order chi connectivity index (χ0) is 31.9. The van der Waals surface area contributed by atoms with Crippen molar-refractivity contribution in [2.45, 2.75) is 132 Å². The molecule has 5 aliphatic rings. The van der Waals surface area contributed by atoms with E-state index in [1.54, 1.807) is 13.8 Å². The van der Waals surface area contributed by atoms with E-state index in [1.807, 2.05) is 0 Å². The molecule has 4 fully saturated rings. The van der Waals surface area contributed by atoms with Gasteiger partial charge in [0.25, 0.3) is 0 Å². The lowest BCUT2D eigenvalue weighted by Crippen LogP contribution is -2.63. The molecule has 9 atom stereocenters. The Kier molecular flexibility index (Phi) is 8.11. The lowest BCUT2D eigenvalue weighted by atomic mass is 9.36. The Balaban J connectivity index is 1.42. The molecule has 242 valence electrons. The predicted molar refractivity (Wildman–Crippen MR) is 166 cm³/mol. The molecule has 0 aromatic heterocycles. The molecular weight excluding hydrogens is 542 g/mol. The van der Waals surface area contributed by atoms with E-state index in [4.69, 9.17) is 10.5 Å². The van der Waals surface area contributed by atoms with Gasteiger partial charge in [-0.15, -0.1) is 0 Å². The van der Waals surface area contributed by atoms with Crippen LogP contribution in [0.25, 0.3) is 0 Å². The molecule has 7 nitrogen and oxygen atoms in total. The quantitative estimate of drug-likeness (QED) is 0.293. The Morgan fingerprint density at radius 1 is 0.977 bits per heavy atom. The fraction of sp³-hybridized carbons (Fsp3) is 0.861. The van der Waals surface area contributed by atoms with Crippen LogP contribution in [-0.4, -0.2) is 46.7 Å². The van der Waals surface area contributed by atoms with Gasteiger partial charge in [0.2, 0.25) is 0 Å². The van der Waals surface area contributed by atoms with E-state index in [9.17, 15) is 24.6 Å². The van der Waals surface area contributed by atoms with E-state index < -0.39 is 28.9 Å². The molecule has 0 aromatic rings. The Hall–Kier alpha value is -1.73. The van der Waals surface area contributed by atoms with Crippen LogP contribution in [0.4, 0.5) is 0 Å². The number of carbonyl (C=O) groups is 3. The summed E-state index contributed by atoms with van der Waals surface area (Å²) in [6.45, 7) is 17.1. The number of Topliss-reactive ketones (excluding diaryl/α,β-unsaturated/α-hetero) is 1. The number of hydrogen-bond acceptors (Lipinski definition) is 6. The second kappa shape index (κ2) is 10.7. The van der Waals surface area contributed by atoms with Crippen molar-refractivity contribution in [2.24, 2.45) is 62.4 Å². The molecule has 0 aromatic carbocycles. The molecular formula is C36H57NO6. The maximum absolute atomic E-state index is 13.5. The zero-order valence-electron chi connectivity index (χ0n) is 27.9. The van der Waals surface area contributed by atoms with Crippen LogP contribution in [0.2, 0.25) is 0 Å². The summed E-state index contributed by atoms with van der Waals surface area (Å²) in [6, 6.07) is 0. The first kappa shape index (κ1) is 32.7. The molecule has 4 N–H and O–H groups in total. The van der Waals surface area contributed by atoms with Crippen molar-refractivity contribution in [3.63, 3.8) is 0 Å². The van der Waals surface area contributed by atoms with Crippen LogP contribution in [0, 0.1) is 56.7 Å². The highest BCUT2D eigenvalue weighted by Gasteiger charge is 2.67. The van der Waals surface area contributed by atoms with Gasteiger partial charge in [0.15, 0.2) is 5.78 Å². The van der Waals surface area contributed by atoms with Crippen molar-refractivity contribution in [2.75, 3.05) is 6.54 Å². The van der Waals surface area contributed by atoms with E-state index in [0.29, 0.717) is 30.1 Å². The van der Waals surface area contributed by atoms with Crippen LogP contribution in [0.15, 0.2) is 11.1 Å². The molecule has 0 radical (unpaired) electrons. The second-order valence-corrected chi connectivity index (χ2v) is 17.2. The van der Waals surface area contributed by atoms with Crippen molar-refractivity contribution < 1.29 is 29.3 Å². The predicted octanol–water partition coefficient (Wildman–Crippen LogP) is 6.31. The van der Waals surface area contributed by atoms with E-state index in [2.05, 4.69) is 41.5 Å². The van der Waals surface area contributed by atoms with E-state index in [-0.39, 0.29) is 47.0 Å². The number of allylic oxidation sites excluding steroid dienone is 1. The summed E-state index contributed by atoms with van der Waals surface area (Å²) in [5, 5.41) is 20.8. The van der Waals surface area contributed by atoms with Gasteiger partial charge in [-0.2, -0.15) is 0 Å². The molecule has 0 bridgehead atoms. The minimum atomic E-state index is -1.15. The fourth-order valence-corrected chi connectivity index (χ4v) is 11.8. The molecule has 0 heterocycles. The number of nitrogens with two attached hydrogens (primary N) is 1. The van der Waals surface area contributed by atoms with Crippen molar-refractivity contribution in [3.05, 3.63) is 11.1 Å². The number of rotatable bonds is 7. The molecule has 0 saturated heterocycles. The molecule has 7 heteroatoms. The fourth-order valence-electron chi connectivity index (χ4n) is 11.8. The third kappa shape index (κ3) is 4.76. The average molecular weight is 600 g/mol. The van der Waals surface area contributed by atoms with Gasteiger partial charge in [0.05, 0.1) is 17.9 Å². The van der Waals surface area contributed by atoms with Crippen molar-refractivity contribution in [1.29, 1.82) is 0 Å². The van der Waals surface area contributed by atoms with Gasteiger partial charge >= 0.3 is 11.9 Å². The molecule has 9 unspecified atom stereocenters. The lowest BCUT2D eigenvalue weighted by Gasteiger charge is -2.69. The van der Waals surface area contributed by atoms with Crippen LogP contribution in [-0.2, 0) is 19.1 Å². The van der Waals surface area contributed by atoms with Gasteiger partial charge in [0.1, 0.15) is 6.10 Å². The number of fused-ring (bicyclic) bond motifs is 7. The number of esters is 1. The number of carbonyl (C=O) groups excluding carboxylic acids is 2. The summed E-state index contributed by atoms with van der Waals surface area (Å²) >= 11 is 0. The Morgan fingerprint density at radius 3 is 2.23 bits per heavy atom. The summed E-state index contributed by atoms with van der Waals surface area (Å²) in [5.41, 5.74) is 6.73. The van der Waals surface area contributed by atoms with Crippen LogP contribution in [0.3, 0.4) is 0 Å². The van der Waals surface area contributed by atoms with Crippen molar-refractivity contribution >= 4 is 17.7 Å². The van der Waals surface area contributed by atoms with Crippen LogP contribution in [0.5, 0.6) is 0 Å². The van der Waals surface area contributed by atoms with E-state index in [1.165, 1.54) is 5.57 Å². The topological polar surface area (TPSA) is 127 Å². The first-order valence-corrected chi connectivity index (χ1v) is 17.0. The van der Waals surface area contributed by atoms with Gasteiger partial charge < -0.3 is 20.7 Å². The molecule has 4 saturated carbocycles. The smallest absolute Gasteiger partial charge is 0.309 e. The van der Waals surface area contributed by atoms with Crippen LogP contribution < -0.4 is 5.73 Å². The number of hydrogen-bond donors (Lipinski definition) is 3. The van der Waals surface area contributed by atoms with Crippen molar-refractivity contribution in [1.82, 2.24) is 0 Å². The number of aliphatic hydroxyl groups is 1. The minimum absolute atomic E-state index is 0.108. The number of carboxylic acids is 1. The van der Waals surface area contributed by atoms with Crippen molar-refractivity contribution in [3.8, 4) is 0 Å². The Morgan fingerprint density at radius 2 is 1.63 bits per heavy atom. The Labute approximate surface area is 258 Å². The van der Waals surface area contributed by atoms with Crippen LogP contribution >= 0.6 is 0 Å². The second-order valence-electron chi connectivity index (χ2n) is 17.2. The summed E-state index contributed by atoms with van der Waals surface area (Å²) < 4.78 is 6.10. The summed E-state index contributed by atoms with van der Waals surface area (Å²) in [4.78, 5) is 38.1. The maximum atomic E-state index is 13.5. The molecule has 5 rings (SSSR count). The van der Waals surface area contributed by atoms with E-state index >= 15 is 0 Å². The number of ketones is 1. The summed E-state index contributed by atoms with van der Waals surface area (Å²) in [5.74, 6) is 0.702. The number of aliphatic carboxylic acids is 1. The van der Waals surface area contributed by atoms with Gasteiger partial charge in [-0.25, -0.2) is 0 Å². The molecule has 0 spiro atoms. The van der Waals surface area contributed by atoms with Gasteiger partial charge in [-0.05, 0) is 111 Å². The highest BCUT2D eigenvalue weighted by Crippen LogP contribution is 2.73. The monoisotopic (exact) mass is 599 g/mol. The highest BCUT2D eigenvalue weighted by atomic mass is 16.5. The van der Waals surface area contributed by atoms with Gasteiger partial charge in [-0.1, -0.05) is 47.1 Å². The number of carboxylic acid groups (broad SMARTS) is 1. The third-order valence-electron chi connectivity index (χ3n) is 13.9. The number of aliphatic hydroxyl groups excluding tert-OH is 1. The minimum Gasteiger partial charge on any atom is -0.481 e. The third-order valence-corrected chi connectivity index (χ3v) is 13.9. The molecule has 0 aliphatic heterocycles. The largest absolute Gasteiger partial charge is 0.481 e. The van der Waals surface area contributed by atoms with Gasteiger partial charge in [0, 0.05) is 23.8 Å². The zero-order valence-corrected chi connectivity index (χ0v) is 27.9.